The molecule has 0 amide bonds. The molecule has 0 aliphatic rings. The van der Waals surface area contributed by atoms with Gasteiger partial charge in [0.05, 0.1) is 5.56 Å². The van der Waals surface area contributed by atoms with Gasteiger partial charge in [0.1, 0.15) is 11.5 Å². The highest BCUT2D eigenvalue weighted by Gasteiger charge is 2.15. The number of hydrogen-bond acceptors (Lipinski definition) is 4. The first-order valence-corrected chi connectivity index (χ1v) is 10.7. The number of carbonyl (C=O) groups excluding carboxylic acids is 2. The van der Waals surface area contributed by atoms with Crippen molar-refractivity contribution in [1.82, 2.24) is 0 Å². The molecule has 0 bridgehead atoms. The van der Waals surface area contributed by atoms with Gasteiger partial charge in [0, 0.05) is 18.1 Å². The summed E-state index contributed by atoms with van der Waals surface area (Å²) in [6, 6.07) is 13.1. The molecule has 2 aromatic carbocycles. The van der Waals surface area contributed by atoms with E-state index in [0.29, 0.717) is 12.0 Å². The zero-order chi connectivity index (χ0) is 20.9. The highest BCUT2D eigenvalue weighted by atomic mass is 16.5. The van der Waals surface area contributed by atoms with Gasteiger partial charge in [-0.25, -0.2) is 0 Å². The second kappa shape index (κ2) is 12.8. The molecular formula is C25H32O4. The fourth-order valence-corrected chi connectivity index (χ4v) is 3.27. The lowest BCUT2D eigenvalue weighted by molar-refractivity contribution is -0.134. The van der Waals surface area contributed by atoms with Crippen LogP contribution in [0.15, 0.2) is 48.5 Å². The Morgan fingerprint density at radius 2 is 1.45 bits per heavy atom. The van der Waals surface area contributed by atoms with E-state index in [0.717, 1.165) is 19.3 Å². The lowest BCUT2D eigenvalue weighted by Crippen LogP contribution is -2.08. The van der Waals surface area contributed by atoms with Crippen LogP contribution < -0.4 is 4.74 Å². The maximum absolute atomic E-state index is 12.4. The van der Waals surface area contributed by atoms with Crippen LogP contribution in [0.3, 0.4) is 0 Å². The maximum Gasteiger partial charge on any atom is 0.311 e. The van der Waals surface area contributed by atoms with Gasteiger partial charge in [-0.1, -0.05) is 88.6 Å². The first-order chi connectivity index (χ1) is 14.1. The Hall–Kier alpha value is -2.62. The summed E-state index contributed by atoms with van der Waals surface area (Å²) in [5.41, 5.74) is 0.688. The predicted octanol–water partition coefficient (Wildman–Crippen LogP) is 6.45. The maximum atomic E-state index is 12.4. The van der Waals surface area contributed by atoms with Crippen LogP contribution in [-0.2, 0) is 4.79 Å². The molecule has 29 heavy (non-hydrogen) atoms. The van der Waals surface area contributed by atoms with Gasteiger partial charge in [0.2, 0.25) is 0 Å². The molecule has 0 heterocycles. The van der Waals surface area contributed by atoms with Crippen LogP contribution in [0.4, 0.5) is 0 Å². The van der Waals surface area contributed by atoms with E-state index >= 15 is 0 Å². The Morgan fingerprint density at radius 1 is 0.828 bits per heavy atom. The molecule has 0 unspecified atom stereocenters. The zero-order valence-corrected chi connectivity index (χ0v) is 17.4. The van der Waals surface area contributed by atoms with E-state index in [9.17, 15) is 14.7 Å². The van der Waals surface area contributed by atoms with Crippen LogP contribution in [0.1, 0.15) is 87.1 Å². The van der Waals surface area contributed by atoms with Crippen molar-refractivity contribution >= 4 is 11.8 Å². The van der Waals surface area contributed by atoms with Crippen molar-refractivity contribution < 1.29 is 19.4 Å². The minimum absolute atomic E-state index is 0.188. The Morgan fingerprint density at radius 3 is 2.07 bits per heavy atom. The van der Waals surface area contributed by atoms with Crippen molar-refractivity contribution in [2.45, 2.75) is 71.1 Å². The number of phenolic OH excluding ortho intramolecular Hbond substituents is 1. The molecule has 1 N–H and O–H groups in total. The topological polar surface area (TPSA) is 63.6 Å². The summed E-state index contributed by atoms with van der Waals surface area (Å²) in [6.07, 6.45) is 11.1. The molecule has 0 atom stereocenters. The monoisotopic (exact) mass is 396 g/mol. The highest BCUT2D eigenvalue weighted by molar-refractivity contribution is 6.10. The van der Waals surface area contributed by atoms with Crippen molar-refractivity contribution in [2.75, 3.05) is 0 Å². The van der Waals surface area contributed by atoms with Crippen LogP contribution in [0.5, 0.6) is 11.5 Å². The van der Waals surface area contributed by atoms with E-state index in [1.54, 1.807) is 30.3 Å². The second-order valence-electron chi connectivity index (χ2n) is 7.43. The molecule has 0 fully saturated rings. The minimum Gasteiger partial charge on any atom is -0.507 e. The molecule has 156 valence electrons. The summed E-state index contributed by atoms with van der Waals surface area (Å²) in [5.74, 6) is -0.509. The largest absolute Gasteiger partial charge is 0.507 e. The Balaban J connectivity index is 1.71. The number of hydrogen-bond donors (Lipinski definition) is 1. The van der Waals surface area contributed by atoms with E-state index in [1.165, 1.54) is 50.7 Å². The number of aromatic hydroxyl groups is 1. The number of phenols is 1. The van der Waals surface area contributed by atoms with E-state index in [1.807, 2.05) is 6.07 Å². The summed E-state index contributed by atoms with van der Waals surface area (Å²) < 4.78 is 5.30. The van der Waals surface area contributed by atoms with E-state index in [4.69, 9.17) is 4.74 Å². The van der Waals surface area contributed by atoms with Gasteiger partial charge in [-0.05, 0) is 18.6 Å². The normalized spacial score (nSPS) is 10.7. The van der Waals surface area contributed by atoms with Gasteiger partial charge in [0.15, 0.2) is 5.78 Å². The second-order valence-corrected chi connectivity index (χ2v) is 7.43. The van der Waals surface area contributed by atoms with Gasteiger partial charge in [-0.2, -0.15) is 0 Å². The molecule has 0 spiro atoms. The smallest absolute Gasteiger partial charge is 0.311 e. The first kappa shape index (κ1) is 22.7. The molecule has 0 saturated carbocycles. The highest BCUT2D eigenvalue weighted by Crippen LogP contribution is 2.26. The van der Waals surface area contributed by atoms with Crippen molar-refractivity contribution in [3.8, 4) is 11.5 Å². The van der Waals surface area contributed by atoms with Crippen LogP contribution in [-0.4, -0.2) is 16.9 Å². The molecule has 2 rings (SSSR count). The zero-order valence-electron chi connectivity index (χ0n) is 17.4. The lowest BCUT2D eigenvalue weighted by atomic mass is 10.0. The van der Waals surface area contributed by atoms with Gasteiger partial charge in [-0.15, -0.1) is 0 Å². The van der Waals surface area contributed by atoms with Gasteiger partial charge in [0.25, 0.3) is 0 Å². The SMILES string of the molecule is CCCCCCCCCCCC(=O)Oc1ccc(C(=O)c2ccccc2)c(O)c1. The Kier molecular flexibility index (Phi) is 9.98. The van der Waals surface area contributed by atoms with Crippen molar-refractivity contribution in [1.29, 1.82) is 0 Å². The third-order valence-corrected chi connectivity index (χ3v) is 4.97. The molecule has 0 aromatic heterocycles. The molecule has 2 aromatic rings. The number of esters is 1. The third-order valence-electron chi connectivity index (χ3n) is 4.97. The molecule has 4 heteroatoms. The summed E-state index contributed by atoms with van der Waals surface area (Å²) in [7, 11) is 0. The number of ether oxygens (including phenoxy) is 1. The van der Waals surface area contributed by atoms with E-state index in [2.05, 4.69) is 6.92 Å². The molecular weight excluding hydrogens is 364 g/mol. The van der Waals surface area contributed by atoms with Crippen LogP contribution in [0, 0.1) is 0 Å². The summed E-state index contributed by atoms with van der Waals surface area (Å²) in [4.78, 5) is 24.4. The minimum atomic E-state index is -0.311. The average molecular weight is 397 g/mol. The van der Waals surface area contributed by atoms with Crippen molar-refractivity contribution in [3.63, 3.8) is 0 Å². The van der Waals surface area contributed by atoms with E-state index < -0.39 is 0 Å². The first-order valence-electron chi connectivity index (χ1n) is 10.7. The summed E-state index contributed by atoms with van der Waals surface area (Å²) in [5, 5.41) is 10.2. The number of rotatable bonds is 13. The summed E-state index contributed by atoms with van der Waals surface area (Å²) in [6.45, 7) is 2.22. The number of carbonyl (C=O) groups is 2. The van der Waals surface area contributed by atoms with Crippen molar-refractivity contribution in [3.05, 3.63) is 59.7 Å². The fraction of sp³-hybridized carbons (Fsp3) is 0.440. The van der Waals surface area contributed by atoms with Crippen LogP contribution in [0.2, 0.25) is 0 Å². The molecule has 0 radical (unpaired) electrons. The number of ketones is 1. The standard InChI is InChI=1S/C25H32O4/c1-2-3-4-5-6-7-8-9-13-16-24(27)29-21-17-18-22(23(26)19-21)25(28)20-14-11-10-12-15-20/h10-12,14-15,17-19,26H,2-9,13,16H2,1H3. The Labute approximate surface area is 173 Å². The molecule has 4 nitrogen and oxygen atoms in total. The van der Waals surface area contributed by atoms with E-state index in [-0.39, 0.29) is 28.8 Å². The molecule has 0 aliphatic heterocycles. The number of benzene rings is 2. The molecule has 0 saturated heterocycles. The number of unbranched alkanes of at least 4 members (excludes halogenated alkanes) is 8. The average Bonchev–Trinajstić information content (AvgIpc) is 2.73. The van der Waals surface area contributed by atoms with Crippen LogP contribution >= 0.6 is 0 Å². The summed E-state index contributed by atoms with van der Waals surface area (Å²) >= 11 is 0. The molecule has 0 aliphatic carbocycles. The van der Waals surface area contributed by atoms with Gasteiger partial charge in [-0.3, -0.25) is 9.59 Å². The Bertz CT molecular complexity index is 768. The predicted molar refractivity (Wildman–Crippen MR) is 115 cm³/mol. The van der Waals surface area contributed by atoms with Crippen molar-refractivity contribution in [2.24, 2.45) is 0 Å². The van der Waals surface area contributed by atoms with Gasteiger partial charge < -0.3 is 9.84 Å². The quantitative estimate of drug-likeness (QED) is 0.183. The third kappa shape index (κ3) is 8.10. The lowest BCUT2D eigenvalue weighted by Gasteiger charge is -2.08. The van der Waals surface area contributed by atoms with Gasteiger partial charge >= 0.3 is 5.97 Å². The fourth-order valence-electron chi connectivity index (χ4n) is 3.27. The van der Waals surface area contributed by atoms with Crippen LogP contribution in [0.25, 0.3) is 0 Å².